The highest BCUT2D eigenvalue weighted by Crippen LogP contribution is 2.31. The Morgan fingerprint density at radius 1 is 1.04 bits per heavy atom. The van der Waals surface area contributed by atoms with Crippen LogP contribution in [-0.4, -0.2) is 17.1 Å². The molecule has 0 spiro atoms. The molecule has 1 aliphatic rings. The summed E-state index contributed by atoms with van der Waals surface area (Å²) in [6.07, 6.45) is 5.83. The second-order valence-electron chi connectivity index (χ2n) is 6.50. The quantitative estimate of drug-likeness (QED) is 0.662. The minimum Gasteiger partial charge on any atom is -0.335 e. The van der Waals surface area contributed by atoms with E-state index >= 15 is 0 Å². The Kier molecular flexibility index (Phi) is 4.65. The largest absolute Gasteiger partial charge is 0.335 e. The van der Waals surface area contributed by atoms with Gasteiger partial charge >= 0.3 is 6.03 Å². The van der Waals surface area contributed by atoms with Gasteiger partial charge < -0.3 is 5.32 Å². The average molecular weight is 351 g/mol. The zero-order valence-electron chi connectivity index (χ0n) is 14.0. The van der Waals surface area contributed by atoms with Crippen LogP contribution in [0.4, 0.5) is 9.93 Å². The van der Waals surface area contributed by atoms with Gasteiger partial charge in [-0.25, -0.2) is 9.78 Å². The molecule has 0 unspecified atom stereocenters. The molecule has 128 valence electrons. The lowest BCUT2D eigenvalue weighted by Gasteiger charge is -2.22. The Morgan fingerprint density at radius 2 is 1.84 bits per heavy atom. The second-order valence-corrected chi connectivity index (χ2v) is 7.36. The number of fused-ring (bicyclic) bond motifs is 1. The SMILES string of the molecule is O=C(Nc1nc(-c2cccc3ccccc23)cs1)NC1CCCCC1. The highest BCUT2D eigenvalue weighted by molar-refractivity contribution is 7.14. The van der Waals surface area contributed by atoms with E-state index in [4.69, 9.17) is 0 Å². The van der Waals surface area contributed by atoms with Crippen LogP contribution in [0.2, 0.25) is 0 Å². The molecule has 4 nitrogen and oxygen atoms in total. The molecule has 0 radical (unpaired) electrons. The molecule has 3 aromatic rings. The summed E-state index contributed by atoms with van der Waals surface area (Å²) < 4.78 is 0. The molecule has 1 saturated carbocycles. The second kappa shape index (κ2) is 7.23. The van der Waals surface area contributed by atoms with Gasteiger partial charge in [0.1, 0.15) is 0 Å². The van der Waals surface area contributed by atoms with Gasteiger partial charge in [0.2, 0.25) is 0 Å². The van der Waals surface area contributed by atoms with Crippen LogP contribution >= 0.6 is 11.3 Å². The van der Waals surface area contributed by atoms with Gasteiger partial charge in [-0.05, 0) is 23.6 Å². The van der Waals surface area contributed by atoms with Gasteiger partial charge in [0.05, 0.1) is 5.69 Å². The van der Waals surface area contributed by atoms with Gasteiger partial charge in [-0.3, -0.25) is 5.32 Å². The first-order valence-electron chi connectivity index (χ1n) is 8.81. The van der Waals surface area contributed by atoms with Crippen molar-refractivity contribution in [3.8, 4) is 11.3 Å². The number of nitrogens with one attached hydrogen (secondary N) is 2. The summed E-state index contributed by atoms with van der Waals surface area (Å²) in [5.74, 6) is 0. The summed E-state index contributed by atoms with van der Waals surface area (Å²) in [5, 5.41) is 10.9. The highest BCUT2D eigenvalue weighted by atomic mass is 32.1. The normalized spacial score (nSPS) is 15.2. The molecule has 0 atom stereocenters. The molecule has 1 heterocycles. The van der Waals surface area contributed by atoms with Crippen molar-refractivity contribution in [2.75, 3.05) is 5.32 Å². The molecule has 1 fully saturated rings. The topological polar surface area (TPSA) is 54.0 Å². The molecule has 1 aliphatic carbocycles. The van der Waals surface area contributed by atoms with Gasteiger partial charge in [0.25, 0.3) is 0 Å². The van der Waals surface area contributed by atoms with Crippen molar-refractivity contribution in [2.45, 2.75) is 38.1 Å². The van der Waals surface area contributed by atoms with Crippen LogP contribution < -0.4 is 10.6 Å². The number of urea groups is 1. The van der Waals surface area contributed by atoms with E-state index in [0.29, 0.717) is 11.2 Å². The predicted molar refractivity (Wildman–Crippen MR) is 104 cm³/mol. The van der Waals surface area contributed by atoms with E-state index in [2.05, 4.69) is 39.9 Å². The van der Waals surface area contributed by atoms with Gasteiger partial charge in [0.15, 0.2) is 5.13 Å². The third kappa shape index (κ3) is 3.66. The standard InChI is InChI=1S/C20H21N3OS/c24-19(21-15-9-2-1-3-10-15)23-20-22-18(13-25-20)17-12-6-8-14-7-4-5-11-16(14)17/h4-8,11-13,15H,1-3,9-10H2,(H2,21,22,23,24). The summed E-state index contributed by atoms with van der Waals surface area (Å²) in [6, 6.07) is 14.6. The van der Waals surface area contributed by atoms with E-state index in [1.165, 1.54) is 41.4 Å². The first kappa shape index (κ1) is 16.1. The summed E-state index contributed by atoms with van der Waals surface area (Å²) in [6.45, 7) is 0. The Bertz CT molecular complexity index is 878. The van der Waals surface area contributed by atoms with E-state index in [1.54, 1.807) is 0 Å². The van der Waals surface area contributed by atoms with E-state index in [-0.39, 0.29) is 6.03 Å². The van der Waals surface area contributed by atoms with E-state index in [9.17, 15) is 4.79 Å². The highest BCUT2D eigenvalue weighted by Gasteiger charge is 2.16. The molecule has 0 aliphatic heterocycles. The number of carbonyl (C=O) groups is 1. The first-order valence-corrected chi connectivity index (χ1v) is 9.69. The van der Waals surface area contributed by atoms with Crippen LogP contribution in [0.25, 0.3) is 22.0 Å². The van der Waals surface area contributed by atoms with Crippen molar-refractivity contribution in [2.24, 2.45) is 0 Å². The Hall–Kier alpha value is -2.40. The van der Waals surface area contributed by atoms with Crippen LogP contribution in [0.15, 0.2) is 47.8 Å². The summed E-state index contributed by atoms with van der Waals surface area (Å²) in [7, 11) is 0. The lowest BCUT2D eigenvalue weighted by Crippen LogP contribution is -2.38. The summed E-state index contributed by atoms with van der Waals surface area (Å²) >= 11 is 1.46. The van der Waals surface area contributed by atoms with Gasteiger partial charge in [-0.1, -0.05) is 61.7 Å². The molecule has 2 amide bonds. The molecule has 0 saturated heterocycles. The maximum atomic E-state index is 12.2. The molecule has 2 aromatic carbocycles. The third-order valence-electron chi connectivity index (χ3n) is 4.73. The van der Waals surface area contributed by atoms with Gasteiger partial charge in [0, 0.05) is 17.0 Å². The fourth-order valence-electron chi connectivity index (χ4n) is 3.47. The molecule has 25 heavy (non-hydrogen) atoms. The van der Waals surface area contributed by atoms with Crippen LogP contribution in [0.5, 0.6) is 0 Å². The van der Waals surface area contributed by atoms with E-state index in [1.807, 2.05) is 23.6 Å². The molecular weight excluding hydrogens is 330 g/mol. The molecular formula is C20H21N3OS. The zero-order valence-corrected chi connectivity index (χ0v) is 14.8. The predicted octanol–water partition coefficient (Wildman–Crippen LogP) is 5.42. The lowest BCUT2D eigenvalue weighted by atomic mass is 9.96. The minimum atomic E-state index is -0.147. The van der Waals surface area contributed by atoms with Gasteiger partial charge in [-0.2, -0.15) is 0 Å². The van der Waals surface area contributed by atoms with Crippen molar-refractivity contribution >= 4 is 33.3 Å². The summed E-state index contributed by atoms with van der Waals surface area (Å²) in [5.41, 5.74) is 1.99. The fraction of sp³-hybridized carbons (Fsp3) is 0.300. The molecule has 5 heteroatoms. The number of benzene rings is 2. The number of rotatable bonds is 3. The van der Waals surface area contributed by atoms with Crippen molar-refractivity contribution in [1.29, 1.82) is 0 Å². The van der Waals surface area contributed by atoms with E-state index in [0.717, 1.165) is 24.1 Å². The smallest absolute Gasteiger partial charge is 0.321 e. The maximum absolute atomic E-state index is 12.2. The monoisotopic (exact) mass is 351 g/mol. The average Bonchev–Trinajstić information content (AvgIpc) is 3.10. The van der Waals surface area contributed by atoms with Crippen LogP contribution in [-0.2, 0) is 0 Å². The molecule has 4 rings (SSSR count). The summed E-state index contributed by atoms with van der Waals surface area (Å²) in [4.78, 5) is 16.8. The Morgan fingerprint density at radius 3 is 2.72 bits per heavy atom. The number of carbonyl (C=O) groups excluding carboxylic acids is 1. The number of hydrogen-bond acceptors (Lipinski definition) is 3. The number of anilines is 1. The van der Waals surface area contributed by atoms with Crippen LogP contribution in [0.3, 0.4) is 0 Å². The zero-order chi connectivity index (χ0) is 17.1. The fourth-order valence-corrected chi connectivity index (χ4v) is 4.17. The Balaban J connectivity index is 1.49. The first-order chi connectivity index (χ1) is 12.3. The number of hydrogen-bond donors (Lipinski definition) is 2. The number of amides is 2. The molecule has 0 bridgehead atoms. The van der Waals surface area contributed by atoms with Crippen molar-refractivity contribution < 1.29 is 4.79 Å². The molecule has 1 aromatic heterocycles. The number of thiazole rings is 1. The van der Waals surface area contributed by atoms with Crippen molar-refractivity contribution in [3.63, 3.8) is 0 Å². The van der Waals surface area contributed by atoms with Crippen molar-refractivity contribution in [1.82, 2.24) is 10.3 Å². The minimum absolute atomic E-state index is 0.147. The van der Waals surface area contributed by atoms with E-state index < -0.39 is 0 Å². The Labute approximate surface area is 151 Å². The number of aromatic nitrogens is 1. The van der Waals surface area contributed by atoms with Crippen molar-refractivity contribution in [3.05, 3.63) is 47.8 Å². The molecule has 2 N–H and O–H groups in total. The van der Waals surface area contributed by atoms with Gasteiger partial charge in [-0.15, -0.1) is 11.3 Å². The maximum Gasteiger partial charge on any atom is 0.321 e. The third-order valence-corrected chi connectivity index (χ3v) is 5.49. The number of nitrogens with zero attached hydrogens (tertiary/aromatic N) is 1. The lowest BCUT2D eigenvalue weighted by molar-refractivity contribution is 0.244. The van der Waals surface area contributed by atoms with Crippen LogP contribution in [0, 0.1) is 0 Å². The van der Waals surface area contributed by atoms with Crippen LogP contribution in [0.1, 0.15) is 32.1 Å².